The summed E-state index contributed by atoms with van der Waals surface area (Å²) in [6, 6.07) is 10.4. The lowest BCUT2D eigenvalue weighted by Crippen LogP contribution is -2.49. The van der Waals surface area contributed by atoms with Crippen LogP contribution in [0.1, 0.15) is 44.7 Å². The molecule has 0 aromatic heterocycles. The maximum Gasteiger partial charge on any atom is 0.416 e. The Bertz CT molecular complexity index is 1210. The first-order valence-electron chi connectivity index (χ1n) is 11.6. The highest BCUT2D eigenvalue weighted by atomic mass is 79.9. The zero-order valence-corrected chi connectivity index (χ0v) is 23.5. The molecule has 0 saturated carbocycles. The first-order valence-corrected chi connectivity index (χ1v) is 14.2. The van der Waals surface area contributed by atoms with Crippen LogP contribution in [0, 0.1) is 0 Å². The highest BCUT2D eigenvalue weighted by Crippen LogP contribution is 2.32. The van der Waals surface area contributed by atoms with Gasteiger partial charge in [0.05, 0.1) is 17.5 Å². The van der Waals surface area contributed by atoms with Gasteiger partial charge in [0.2, 0.25) is 21.8 Å². The van der Waals surface area contributed by atoms with Gasteiger partial charge in [0, 0.05) is 30.0 Å². The number of benzene rings is 2. The summed E-state index contributed by atoms with van der Waals surface area (Å²) in [6.07, 6.45) is -3.81. The van der Waals surface area contributed by atoms with E-state index in [1.54, 1.807) is 26.8 Å². The fourth-order valence-corrected chi connectivity index (χ4v) is 5.06. The summed E-state index contributed by atoms with van der Waals surface area (Å²) in [5, 5.41) is 2.79. The highest BCUT2D eigenvalue weighted by molar-refractivity contribution is 9.10. The SMILES string of the molecule is CC(C)NC(=O)C(C)N(Cc1cccc(Br)c1)C(=O)CCCN(c1cccc(C(F)(F)F)c1)S(C)(=O)=O. The van der Waals surface area contributed by atoms with Crippen molar-refractivity contribution in [1.29, 1.82) is 0 Å². The Morgan fingerprint density at radius 2 is 1.70 bits per heavy atom. The molecule has 1 N–H and O–H groups in total. The van der Waals surface area contributed by atoms with Gasteiger partial charge in [0.1, 0.15) is 6.04 Å². The smallest absolute Gasteiger partial charge is 0.352 e. The number of carbonyl (C=O) groups excluding carboxylic acids is 2. The van der Waals surface area contributed by atoms with E-state index in [4.69, 9.17) is 0 Å². The van der Waals surface area contributed by atoms with Crippen molar-refractivity contribution in [2.24, 2.45) is 0 Å². The molecule has 0 aliphatic carbocycles. The van der Waals surface area contributed by atoms with Gasteiger partial charge in [-0.1, -0.05) is 34.1 Å². The van der Waals surface area contributed by atoms with Crippen molar-refractivity contribution in [3.63, 3.8) is 0 Å². The molecule has 0 radical (unpaired) electrons. The van der Waals surface area contributed by atoms with Gasteiger partial charge in [-0.3, -0.25) is 13.9 Å². The Kier molecular flexibility index (Phi) is 10.6. The molecule has 1 unspecified atom stereocenters. The summed E-state index contributed by atoms with van der Waals surface area (Å²) in [4.78, 5) is 27.3. The molecule has 0 saturated heterocycles. The first kappa shape index (κ1) is 30.6. The normalized spacial score (nSPS) is 12.8. The molecule has 2 amide bonds. The average molecular weight is 607 g/mol. The van der Waals surface area contributed by atoms with Crippen LogP contribution in [-0.4, -0.2) is 50.0 Å². The van der Waals surface area contributed by atoms with Crippen LogP contribution < -0.4 is 9.62 Å². The molecule has 0 aliphatic heterocycles. The third-order valence-corrected chi connectivity index (χ3v) is 7.14. The summed E-state index contributed by atoms with van der Waals surface area (Å²) in [7, 11) is -3.92. The fourth-order valence-electron chi connectivity index (χ4n) is 3.66. The van der Waals surface area contributed by atoms with E-state index in [1.165, 1.54) is 11.0 Å². The summed E-state index contributed by atoms with van der Waals surface area (Å²) < 4.78 is 65.8. The van der Waals surface area contributed by atoms with Gasteiger partial charge in [-0.2, -0.15) is 13.2 Å². The topological polar surface area (TPSA) is 86.8 Å². The summed E-state index contributed by atoms with van der Waals surface area (Å²) in [6.45, 7) is 5.16. The van der Waals surface area contributed by atoms with Gasteiger partial charge < -0.3 is 10.2 Å². The lowest BCUT2D eigenvalue weighted by atomic mass is 10.1. The number of hydrogen-bond acceptors (Lipinski definition) is 4. The number of alkyl halides is 3. The number of rotatable bonds is 11. The molecule has 2 aromatic carbocycles. The lowest BCUT2D eigenvalue weighted by molar-refractivity contribution is -0.140. The molecule has 1 atom stereocenters. The molecular weight excluding hydrogens is 575 g/mol. The molecule has 0 heterocycles. The largest absolute Gasteiger partial charge is 0.416 e. The van der Waals surface area contributed by atoms with Crippen LogP contribution in [0.3, 0.4) is 0 Å². The molecule has 0 spiro atoms. The molecule has 2 rings (SSSR count). The number of sulfonamides is 1. The third kappa shape index (κ3) is 9.33. The molecule has 0 aliphatic rings. The summed E-state index contributed by atoms with van der Waals surface area (Å²) in [5.74, 6) is -0.719. The predicted molar refractivity (Wildman–Crippen MR) is 140 cm³/mol. The van der Waals surface area contributed by atoms with Crippen molar-refractivity contribution in [3.05, 3.63) is 64.1 Å². The second kappa shape index (κ2) is 12.8. The van der Waals surface area contributed by atoms with E-state index in [9.17, 15) is 31.2 Å². The van der Waals surface area contributed by atoms with Crippen LogP contribution in [0.5, 0.6) is 0 Å². The fraction of sp³-hybridized carbons (Fsp3) is 0.440. The summed E-state index contributed by atoms with van der Waals surface area (Å²) in [5.41, 5.74) is -0.325. The van der Waals surface area contributed by atoms with Crippen molar-refractivity contribution in [2.45, 2.75) is 58.4 Å². The van der Waals surface area contributed by atoms with Crippen LogP contribution in [0.4, 0.5) is 18.9 Å². The number of nitrogens with zero attached hydrogens (tertiary/aromatic N) is 2. The van der Waals surface area contributed by atoms with Crippen LogP contribution in [-0.2, 0) is 32.3 Å². The van der Waals surface area contributed by atoms with Crippen LogP contribution in [0.15, 0.2) is 53.0 Å². The molecular formula is C25H31BrF3N3O4S. The van der Waals surface area contributed by atoms with Crippen LogP contribution in [0.25, 0.3) is 0 Å². The Balaban J connectivity index is 2.22. The second-order valence-corrected chi connectivity index (χ2v) is 11.8. The minimum atomic E-state index is -4.63. The van der Waals surface area contributed by atoms with E-state index in [2.05, 4.69) is 21.2 Å². The Hall–Kier alpha value is -2.60. The second-order valence-electron chi connectivity index (χ2n) is 8.98. The van der Waals surface area contributed by atoms with Crippen LogP contribution in [0.2, 0.25) is 0 Å². The third-order valence-electron chi connectivity index (χ3n) is 5.45. The number of anilines is 1. The van der Waals surface area contributed by atoms with E-state index in [-0.39, 0.29) is 49.5 Å². The van der Waals surface area contributed by atoms with Crippen molar-refractivity contribution >= 4 is 43.5 Å². The zero-order valence-electron chi connectivity index (χ0n) is 21.0. The number of amides is 2. The van der Waals surface area contributed by atoms with Gasteiger partial charge >= 0.3 is 6.18 Å². The van der Waals surface area contributed by atoms with E-state index in [0.29, 0.717) is 0 Å². The first-order chi connectivity index (χ1) is 17.1. The van der Waals surface area contributed by atoms with E-state index in [1.807, 2.05) is 18.2 Å². The maximum absolute atomic E-state index is 13.2. The van der Waals surface area contributed by atoms with Crippen LogP contribution >= 0.6 is 15.9 Å². The van der Waals surface area contributed by atoms with Gasteiger partial charge in [-0.25, -0.2) is 8.42 Å². The van der Waals surface area contributed by atoms with E-state index < -0.39 is 27.8 Å². The predicted octanol–water partition coefficient (Wildman–Crippen LogP) is 4.96. The van der Waals surface area contributed by atoms with Crippen molar-refractivity contribution in [2.75, 3.05) is 17.1 Å². The molecule has 0 fully saturated rings. The van der Waals surface area contributed by atoms with Gasteiger partial charge in [0.15, 0.2) is 0 Å². The molecule has 12 heteroatoms. The Labute approximate surface area is 224 Å². The maximum atomic E-state index is 13.2. The number of halogens is 4. The monoisotopic (exact) mass is 605 g/mol. The lowest BCUT2D eigenvalue weighted by Gasteiger charge is -2.30. The van der Waals surface area contributed by atoms with Crippen molar-refractivity contribution < 1.29 is 31.2 Å². The van der Waals surface area contributed by atoms with Crippen molar-refractivity contribution in [3.8, 4) is 0 Å². The van der Waals surface area contributed by atoms with E-state index in [0.717, 1.165) is 38.8 Å². The molecule has 37 heavy (non-hydrogen) atoms. The number of carbonyl (C=O) groups is 2. The van der Waals surface area contributed by atoms with E-state index >= 15 is 0 Å². The summed E-state index contributed by atoms with van der Waals surface area (Å²) >= 11 is 3.39. The minimum absolute atomic E-state index is 0.0374. The van der Waals surface area contributed by atoms with Crippen molar-refractivity contribution in [1.82, 2.24) is 10.2 Å². The Morgan fingerprint density at radius 3 is 2.27 bits per heavy atom. The standard InChI is InChI=1S/C25H31BrF3N3O4S/c1-17(2)30-24(34)18(3)31(16-19-8-5-10-21(26)14-19)23(33)12-7-13-32(37(4,35)36)22-11-6-9-20(15-22)25(27,28)29/h5-6,8-11,14-15,17-18H,7,12-13,16H2,1-4H3,(H,30,34). The van der Waals surface area contributed by atoms with Gasteiger partial charge in [-0.05, 0) is 63.1 Å². The zero-order chi connectivity index (χ0) is 28.0. The highest BCUT2D eigenvalue weighted by Gasteiger charge is 2.32. The molecule has 0 bridgehead atoms. The number of nitrogens with one attached hydrogen (secondary N) is 1. The molecule has 2 aromatic rings. The van der Waals surface area contributed by atoms with Gasteiger partial charge in [0.25, 0.3) is 0 Å². The number of hydrogen-bond donors (Lipinski definition) is 1. The minimum Gasteiger partial charge on any atom is -0.352 e. The Morgan fingerprint density at radius 1 is 1.05 bits per heavy atom. The quantitative estimate of drug-likeness (QED) is 0.392. The average Bonchev–Trinajstić information content (AvgIpc) is 2.78. The molecule has 204 valence electrons. The van der Waals surface area contributed by atoms with Gasteiger partial charge in [-0.15, -0.1) is 0 Å². The molecule has 7 nitrogen and oxygen atoms in total.